The van der Waals surface area contributed by atoms with Crippen LogP contribution in [0.25, 0.3) is 5.65 Å². The molecule has 0 radical (unpaired) electrons. The van der Waals surface area contributed by atoms with Gasteiger partial charge in [0, 0.05) is 34.0 Å². The summed E-state index contributed by atoms with van der Waals surface area (Å²) < 4.78 is 2.02. The van der Waals surface area contributed by atoms with Crippen LogP contribution in [-0.4, -0.2) is 20.3 Å². The van der Waals surface area contributed by atoms with Gasteiger partial charge < -0.3 is 9.72 Å². The zero-order valence-electron chi connectivity index (χ0n) is 15.6. The van der Waals surface area contributed by atoms with Crippen molar-refractivity contribution in [2.24, 2.45) is 0 Å². The molecule has 0 saturated heterocycles. The molecule has 0 aliphatic rings. The quantitative estimate of drug-likeness (QED) is 0.462. The van der Waals surface area contributed by atoms with E-state index in [1.54, 1.807) is 23.1 Å². The number of benzene rings is 1. The second-order valence-corrected chi connectivity index (χ2v) is 8.61. The van der Waals surface area contributed by atoms with Crippen molar-refractivity contribution in [2.45, 2.75) is 30.5 Å². The number of carbonyl (C=O) groups excluding carboxylic acids is 1. The molecule has 0 bridgehead atoms. The number of pyridine rings is 1. The number of carbonyl (C=O) groups is 1. The van der Waals surface area contributed by atoms with E-state index in [1.165, 1.54) is 0 Å². The summed E-state index contributed by atoms with van der Waals surface area (Å²) in [5.74, 6) is 0.697. The van der Waals surface area contributed by atoms with Gasteiger partial charge in [0.25, 0.3) is 5.91 Å². The number of thioether (sulfide) groups is 1. The van der Waals surface area contributed by atoms with Gasteiger partial charge in [-0.1, -0.05) is 6.07 Å². The molecule has 1 N–H and O–H groups in total. The average molecular weight is 409 g/mol. The normalized spacial score (nSPS) is 12.2. The number of hydrogen-bond acceptors (Lipinski definition) is 5. The predicted octanol–water partition coefficient (Wildman–Crippen LogP) is 4.88. The minimum absolute atomic E-state index is 0.0879. The fourth-order valence-electron chi connectivity index (χ4n) is 2.85. The van der Waals surface area contributed by atoms with E-state index in [-0.39, 0.29) is 11.9 Å². The molecule has 0 spiro atoms. The van der Waals surface area contributed by atoms with Crippen LogP contribution in [0.1, 0.15) is 39.7 Å². The summed E-state index contributed by atoms with van der Waals surface area (Å²) in [6.07, 6.45) is 4.05. The second-order valence-electron chi connectivity index (χ2n) is 6.50. The molecular weight excluding hydrogens is 388 g/mol. The van der Waals surface area contributed by atoms with E-state index in [0.717, 1.165) is 32.7 Å². The lowest BCUT2D eigenvalue weighted by atomic mass is 10.2. The Balaban J connectivity index is 1.35. The van der Waals surface area contributed by atoms with Crippen molar-refractivity contribution >= 4 is 34.7 Å². The Bertz CT molecular complexity index is 1070. The van der Waals surface area contributed by atoms with E-state index >= 15 is 0 Å². The number of thiazole rings is 1. The van der Waals surface area contributed by atoms with Crippen molar-refractivity contribution in [1.29, 1.82) is 0 Å². The fourth-order valence-corrected chi connectivity index (χ4v) is 4.34. The maximum absolute atomic E-state index is 12.5. The zero-order valence-corrected chi connectivity index (χ0v) is 17.3. The average Bonchev–Trinajstić information content (AvgIpc) is 3.32. The SMILES string of the molecule is Cc1nc(C(C)NC(=O)c2ccc(SCc3cn4ccccc4n3)cc2)cs1. The van der Waals surface area contributed by atoms with Crippen LogP contribution in [-0.2, 0) is 5.75 Å². The Morgan fingerprint density at radius 1 is 1.21 bits per heavy atom. The highest BCUT2D eigenvalue weighted by Gasteiger charge is 2.13. The Morgan fingerprint density at radius 3 is 2.75 bits per heavy atom. The number of amides is 1. The highest BCUT2D eigenvalue weighted by Crippen LogP contribution is 2.23. The van der Waals surface area contributed by atoms with Crippen LogP contribution in [0, 0.1) is 6.92 Å². The third kappa shape index (κ3) is 4.26. The van der Waals surface area contributed by atoms with E-state index in [2.05, 4.69) is 15.3 Å². The Morgan fingerprint density at radius 2 is 2.04 bits per heavy atom. The van der Waals surface area contributed by atoms with E-state index in [9.17, 15) is 4.79 Å². The summed E-state index contributed by atoms with van der Waals surface area (Å²) in [4.78, 5) is 22.6. The van der Waals surface area contributed by atoms with Crippen molar-refractivity contribution in [3.63, 3.8) is 0 Å². The van der Waals surface area contributed by atoms with Crippen molar-refractivity contribution < 1.29 is 4.79 Å². The maximum atomic E-state index is 12.5. The van der Waals surface area contributed by atoms with Crippen LogP contribution in [0.2, 0.25) is 0 Å². The van der Waals surface area contributed by atoms with Crippen LogP contribution >= 0.6 is 23.1 Å². The summed E-state index contributed by atoms with van der Waals surface area (Å²) in [7, 11) is 0. The van der Waals surface area contributed by atoms with E-state index in [1.807, 2.05) is 78.5 Å². The highest BCUT2D eigenvalue weighted by molar-refractivity contribution is 7.98. The molecule has 1 unspecified atom stereocenters. The molecule has 142 valence electrons. The first-order valence-electron chi connectivity index (χ1n) is 8.97. The van der Waals surface area contributed by atoms with Gasteiger partial charge in [0.05, 0.1) is 22.4 Å². The number of nitrogens with zero attached hydrogens (tertiary/aromatic N) is 3. The summed E-state index contributed by atoms with van der Waals surface area (Å²) in [6.45, 7) is 3.91. The molecule has 0 aliphatic heterocycles. The first kappa shape index (κ1) is 18.7. The lowest BCUT2D eigenvalue weighted by Crippen LogP contribution is -2.26. The zero-order chi connectivity index (χ0) is 19.5. The molecule has 28 heavy (non-hydrogen) atoms. The number of rotatable bonds is 6. The van der Waals surface area contributed by atoms with Crippen molar-refractivity contribution in [3.8, 4) is 0 Å². The number of nitrogens with one attached hydrogen (secondary N) is 1. The van der Waals surface area contributed by atoms with Crippen molar-refractivity contribution in [2.75, 3.05) is 0 Å². The van der Waals surface area contributed by atoms with Gasteiger partial charge in [0.2, 0.25) is 0 Å². The molecule has 3 aromatic heterocycles. The van der Waals surface area contributed by atoms with E-state index in [0.29, 0.717) is 5.56 Å². The molecule has 1 amide bonds. The maximum Gasteiger partial charge on any atom is 0.251 e. The monoisotopic (exact) mass is 408 g/mol. The Kier molecular flexibility index (Phi) is 5.45. The van der Waals surface area contributed by atoms with Crippen molar-refractivity contribution in [1.82, 2.24) is 19.7 Å². The molecule has 0 fully saturated rings. The van der Waals surface area contributed by atoms with Gasteiger partial charge in [-0.05, 0) is 50.2 Å². The molecule has 0 aliphatic carbocycles. The number of hydrogen-bond donors (Lipinski definition) is 1. The van der Waals surface area contributed by atoms with Crippen LogP contribution in [0.4, 0.5) is 0 Å². The fraction of sp³-hybridized carbons (Fsp3) is 0.190. The Labute approximate surface area is 171 Å². The smallest absolute Gasteiger partial charge is 0.251 e. The Hall–Kier alpha value is -2.64. The summed E-state index contributed by atoms with van der Waals surface area (Å²) in [5, 5.41) is 5.99. The van der Waals surface area contributed by atoms with Gasteiger partial charge in [-0.25, -0.2) is 9.97 Å². The third-order valence-corrected chi connectivity index (χ3v) is 6.18. The molecule has 3 heterocycles. The number of imidazole rings is 1. The van der Waals surface area contributed by atoms with E-state index in [4.69, 9.17) is 0 Å². The molecule has 0 saturated carbocycles. The molecule has 7 heteroatoms. The molecule has 1 atom stereocenters. The third-order valence-electron chi connectivity index (χ3n) is 4.35. The largest absolute Gasteiger partial charge is 0.344 e. The van der Waals surface area contributed by atoms with Gasteiger partial charge in [-0.2, -0.15) is 0 Å². The van der Waals surface area contributed by atoms with Gasteiger partial charge in [-0.3, -0.25) is 4.79 Å². The molecule has 4 aromatic rings. The minimum Gasteiger partial charge on any atom is -0.344 e. The summed E-state index contributed by atoms with van der Waals surface area (Å²) in [6, 6.07) is 13.5. The molecule has 1 aromatic carbocycles. The van der Waals surface area contributed by atoms with Crippen molar-refractivity contribution in [3.05, 3.63) is 82.2 Å². The first-order chi connectivity index (χ1) is 13.6. The molecule has 5 nitrogen and oxygen atoms in total. The van der Waals surface area contributed by atoms with Crippen LogP contribution in [0.5, 0.6) is 0 Å². The molecular formula is C21H20N4OS2. The lowest BCUT2D eigenvalue weighted by Gasteiger charge is -2.12. The number of fused-ring (bicyclic) bond motifs is 1. The second kappa shape index (κ2) is 8.16. The summed E-state index contributed by atoms with van der Waals surface area (Å²) in [5.41, 5.74) is 3.53. The van der Waals surface area contributed by atoms with Gasteiger partial charge in [0.1, 0.15) is 5.65 Å². The highest BCUT2D eigenvalue weighted by atomic mass is 32.2. The van der Waals surface area contributed by atoms with Crippen LogP contribution in [0.15, 0.2) is 65.1 Å². The van der Waals surface area contributed by atoms with Gasteiger partial charge in [0.15, 0.2) is 0 Å². The van der Waals surface area contributed by atoms with Gasteiger partial charge in [-0.15, -0.1) is 23.1 Å². The summed E-state index contributed by atoms with van der Waals surface area (Å²) >= 11 is 3.30. The lowest BCUT2D eigenvalue weighted by molar-refractivity contribution is 0.0939. The van der Waals surface area contributed by atoms with Gasteiger partial charge >= 0.3 is 0 Å². The minimum atomic E-state index is -0.110. The number of aryl methyl sites for hydroxylation is 1. The topological polar surface area (TPSA) is 59.3 Å². The predicted molar refractivity (Wildman–Crippen MR) is 114 cm³/mol. The standard InChI is InChI=1S/C21H20N4OS2/c1-14(19-13-27-15(2)23-19)22-21(26)16-6-8-18(9-7-16)28-12-17-11-25-10-4-3-5-20(25)24-17/h3-11,13-14H,12H2,1-2H3,(H,22,26). The first-order valence-corrected chi connectivity index (χ1v) is 10.8. The van der Waals surface area contributed by atoms with E-state index < -0.39 is 0 Å². The van der Waals surface area contributed by atoms with Crippen LogP contribution in [0.3, 0.4) is 0 Å². The van der Waals surface area contributed by atoms with Crippen LogP contribution < -0.4 is 5.32 Å². The molecule has 4 rings (SSSR count). The number of aromatic nitrogens is 3.